The van der Waals surface area contributed by atoms with Crippen molar-refractivity contribution in [1.29, 1.82) is 0 Å². The minimum atomic E-state index is -0.557. The van der Waals surface area contributed by atoms with Gasteiger partial charge in [-0.3, -0.25) is 9.80 Å². The molecule has 2 aromatic rings. The molecule has 25 heavy (non-hydrogen) atoms. The van der Waals surface area contributed by atoms with Gasteiger partial charge in [-0.25, -0.2) is 8.78 Å². The van der Waals surface area contributed by atoms with Crippen molar-refractivity contribution < 1.29 is 18.3 Å². The molecular formula is C19H24F2N2O2. The highest BCUT2D eigenvalue weighted by Gasteiger charge is 2.27. The molecule has 1 atom stereocenters. The second kappa shape index (κ2) is 8.08. The number of aliphatic hydroxyl groups is 1. The molecule has 0 unspecified atom stereocenters. The van der Waals surface area contributed by atoms with Crippen LogP contribution in [0.25, 0.3) is 0 Å². The second-order valence-electron chi connectivity index (χ2n) is 6.62. The van der Waals surface area contributed by atoms with Gasteiger partial charge in [0.25, 0.3) is 0 Å². The van der Waals surface area contributed by atoms with Crippen molar-refractivity contribution in [1.82, 2.24) is 9.80 Å². The fourth-order valence-electron chi connectivity index (χ4n) is 3.39. The quantitative estimate of drug-likeness (QED) is 0.870. The van der Waals surface area contributed by atoms with Crippen molar-refractivity contribution >= 4 is 0 Å². The molecule has 0 radical (unpaired) electrons. The Kier molecular flexibility index (Phi) is 5.83. The van der Waals surface area contributed by atoms with Crippen molar-refractivity contribution in [2.75, 3.05) is 26.2 Å². The van der Waals surface area contributed by atoms with Gasteiger partial charge in [-0.05, 0) is 31.5 Å². The average molecular weight is 350 g/mol. The Morgan fingerprint density at radius 1 is 1.16 bits per heavy atom. The normalized spacial score (nSPS) is 19.4. The number of benzene rings is 1. The highest BCUT2D eigenvalue weighted by Crippen LogP contribution is 2.20. The fraction of sp³-hybridized carbons (Fsp3) is 0.474. The molecule has 3 rings (SSSR count). The van der Waals surface area contributed by atoms with Gasteiger partial charge in [0.2, 0.25) is 0 Å². The standard InChI is InChI=1S/C19H24F2N2O2/c1-14-2-5-18(25-14)13-23-8-7-22(12-17(23)6-9-24)11-15-3-4-16(20)10-19(15)21/h2-5,10,17,24H,6-9,11-13H2,1H3/t17-/m1/s1. The number of rotatable bonds is 6. The molecule has 0 aliphatic carbocycles. The molecule has 136 valence electrons. The Bertz CT molecular complexity index is 704. The van der Waals surface area contributed by atoms with Gasteiger partial charge >= 0.3 is 0 Å². The molecule has 0 bridgehead atoms. The zero-order chi connectivity index (χ0) is 17.8. The molecule has 0 saturated carbocycles. The Morgan fingerprint density at radius 3 is 2.68 bits per heavy atom. The van der Waals surface area contributed by atoms with Crippen LogP contribution in [-0.2, 0) is 13.1 Å². The molecule has 0 spiro atoms. The SMILES string of the molecule is Cc1ccc(CN2CCN(Cc3ccc(F)cc3F)C[C@H]2CCO)o1. The third kappa shape index (κ3) is 4.66. The molecule has 1 N–H and O–H groups in total. The number of hydrogen-bond acceptors (Lipinski definition) is 4. The van der Waals surface area contributed by atoms with Crippen LogP contribution in [0.3, 0.4) is 0 Å². The number of piperazine rings is 1. The predicted molar refractivity (Wildman–Crippen MR) is 91.0 cm³/mol. The topological polar surface area (TPSA) is 39.9 Å². The van der Waals surface area contributed by atoms with Crippen LogP contribution >= 0.6 is 0 Å². The third-order valence-electron chi connectivity index (χ3n) is 4.72. The van der Waals surface area contributed by atoms with Crippen LogP contribution in [0, 0.1) is 18.6 Å². The lowest BCUT2D eigenvalue weighted by Crippen LogP contribution is -2.52. The van der Waals surface area contributed by atoms with E-state index in [2.05, 4.69) is 9.80 Å². The Hall–Kier alpha value is -1.76. The molecule has 1 aliphatic heterocycles. The lowest BCUT2D eigenvalue weighted by Gasteiger charge is -2.41. The van der Waals surface area contributed by atoms with E-state index >= 15 is 0 Å². The third-order valence-corrected chi connectivity index (χ3v) is 4.72. The Morgan fingerprint density at radius 2 is 2.00 bits per heavy atom. The highest BCUT2D eigenvalue weighted by molar-refractivity contribution is 5.18. The number of halogens is 2. The molecule has 6 heteroatoms. The summed E-state index contributed by atoms with van der Waals surface area (Å²) in [6.45, 7) is 5.52. The first-order chi connectivity index (χ1) is 12.0. The summed E-state index contributed by atoms with van der Waals surface area (Å²) in [5.41, 5.74) is 0.499. The van der Waals surface area contributed by atoms with Gasteiger partial charge < -0.3 is 9.52 Å². The van der Waals surface area contributed by atoms with Gasteiger partial charge in [0, 0.05) is 50.5 Å². The monoisotopic (exact) mass is 350 g/mol. The molecule has 1 fully saturated rings. The van der Waals surface area contributed by atoms with Gasteiger partial charge in [0.1, 0.15) is 23.2 Å². The van der Waals surface area contributed by atoms with E-state index in [0.717, 1.165) is 37.2 Å². The van der Waals surface area contributed by atoms with Crippen LogP contribution in [0.5, 0.6) is 0 Å². The molecule has 1 aromatic carbocycles. The fourth-order valence-corrected chi connectivity index (χ4v) is 3.39. The number of aliphatic hydroxyl groups excluding tert-OH is 1. The minimum Gasteiger partial charge on any atom is -0.465 e. The van der Waals surface area contributed by atoms with Gasteiger partial charge in [0.05, 0.1) is 6.54 Å². The molecule has 0 amide bonds. The first-order valence-electron chi connectivity index (χ1n) is 8.61. The number of aryl methyl sites for hydroxylation is 1. The molecule has 1 aromatic heterocycles. The van der Waals surface area contributed by atoms with Gasteiger partial charge in [0.15, 0.2) is 0 Å². The maximum absolute atomic E-state index is 13.9. The Labute approximate surface area is 146 Å². The van der Waals surface area contributed by atoms with E-state index < -0.39 is 11.6 Å². The highest BCUT2D eigenvalue weighted by atomic mass is 19.1. The maximum atomic E-state index is 13.9. The van der Waals surface area contributed by atoms with E-state index in [9.17, 15) is 13.9 Å². The van der Waals surface area contributed by atoms with Crippen LogP contribution in [-0.4, -0.2) is 47.2 Å². The van der Waals surface area contributed by atoms with E-state index in [-0.39, 0.29) is 12.6 Å². The largest absolute Gasteiger partial charge is 0.465 e. The maximum Gasteiger partial charge on any atom is 0.130 e. The molecule has 1 aliphatic rings. The average Bonchev–Trinajstić information content (AvgIpc) is 2.98. The summed E-state index contributed by atoms with van der Waals surface area (Å²) in [6.07, 6.45) is 0.655. The van der Waals surface area contributed by atoms with Crippen molar-refractivity contribution in [3.8, 4) is 0 Å². The lowest BCUT2D eigenvalue weighted by atomic mass is 10.1. The predicted octanol–water partition coefficient (Wildman–Crippen LogP) is 2.94. The first-order valence-corrected chi connectivity index (χ1v) is 8.61. The van der Waals surface area contributed by atoms with Crippen molar-refractivity contribution in [2.24, 2.45) is 0 Å². The first kappa shape index (κ1) is 18.0. The van der Waals surface area contributed by atoms with E-state index in [1.54, 1.807) is 0 Å². The van der Waals surface area contributed by atoms with Crippen LogP contribution in [0.1, 0.15) is 23.5 Å². The number of nitrogens with zero attached hydrogens (tertiary/aromatic N) is 2. The summed E-state index contributed by atoms with van der Waals surface area (Å²) in [5, 5.41) is 9.39. The summed E-state index contributed by atoms with van der Waals surface area (Å²) in [7, 11) is 0. The van der Waals surface area contributed by atoms with Gasteiger partial charge in [-0.2, -0.15) is 0 Å². The summed E-state index contributed by atoms with van der Waals surface area (Å²) in [6, 6.07) is 7.82. The van der Waals surface area contributed by atoms with E-state index in [1.165, 1.54) is 12.1 Å². The van der Waals surface area contributed by atoms with Gasteiger partial charge in [-0.1, -0.05) is 6.07 Å². The number of furan rings is 1. The smallest absolute Gasteiger partial charge is 0.130 e. The van der Waals surface area contributed by atoms with Gasteiger partial charge in [-0.15, -0.1) is 0 Å². The summed E-state index contributed by atoms with van der Waals surface area (Å²) in [4.78, 5) is 4.45. The second-order valence-corrected chi connectivity index (χ2v) is 6.62. The van der Waals surface area contributed by atoms with E-state index in [4.69, 9.17) is 4.42 Å². The van der Waals surface area contributed by atoms with Crippen molar-refractivity contribution in [2.45, 2.75) is 32.5 Å². The van der Waals surface area contributed by atoms with E-state index in [0.29, 0.717) is 25.1 Å². The van der Waals surface area contributed by atoms with Crippen molar-refractivity contribution in [3.63, 3.8) is 0 Å². The van der Waals surface area contributed by atoms with Crippen LogP contribution in [0.2, 0.25) is 0 Å². The molecule has 2 heterocycles. The van der Waals surface area contributed by atoms with Crippen molar-refractivity contribution in [3.05, 3.63) is 59.1 Å². The summed E-state index contributed by atoms with van der Waals surface area (Å²) < 4.78 is 32.6. The lowest BCUT2D eigenvalue weighted by molar-refractivity contribution is 0.0449. The summed E-state index contributed by atoms with van der Waals surface area (Å²) >= 11 is 0. The zero-order valence-electron chi connectivity index (χ0n) is 14.4. The molecule has 4 nitrogen and oxygen atoms in total. The van der Waals surface area contributed by atoms with Crippen LogP contribution in [0.15, 0.2) is 34.7 Å². The minimum absolute atomic E-state index is 0.108. The van der Waals surface area contributed by atoms with Crippen LogP contribution < -0.4 is 0 Å². The molecular weight excluding hydrogens is 326 g/mol. The molecule has 1 saturated heterocycles. The van der Waals surface area contributed by atoms with Crippen LogP contribution in [0.4, 0.5) is 8.78 Å². The van der Waals surface area contributed by atoms with E-state index in [1.807, 2.05) is 19.1 Å². The Balaban J connectivity index is 1.64. The summed E-state index contributed by atoms with van der Waals surface area (Å²) in [5.74, 6) is 0.739. The number of hydrogen-bond donors (Lipinski definition) is 1. The zero-order valence-corrected chi connectivity index (χ0v) is 14.4.